The molecule has 0 amide bonds. The Kier molecular flexibility index (Phi) is 4.38. The van der Waals surface area contributed by atoms with Gasteiger partial charge in [-0.25, -0.2) is 8.42 Å². The number of nitrogens with two attached hydrogens (primary N) is 1. The summed E-state index contributed by atoms with van der Waals surface area (Å²) in [6.07, 6.45) is 7.41. The van der Waals surface area contributed by atoms with Gasteiger partial charge in [0.05, 0.1) is 5.75 Å². The van der Waals surface area contributed by atoms with Crippen molar-refractivity contribution in [1.82, 2.24) is 0 Å². The highest BCUT2D eigenvalue weighted by atomic mass is 32.2. The van der Waals surface area contributed by atoms with Crippen molar-refractivity contribution < 1.29 is 8.42 Å². The Morgan fingerprint density at radius 2 is 1.86 bits per heavy atom. The minimum absolute atomic E-state index is 0.185. The molecule has 4 heteroatoms. The number of hydrogen-bond donors (Lipinski definition) is 1. The van der Waals surface area contributed by atoms with E-state index < -0.39 is 9.84 Å². The molecule has 3 nitrogen and oxygen atoms in total. The summed E-state index contributed by atoms with van der Waals surface area (Å²) in [4.78, 5) is 0. The van der Waals surface area contributed by atoms with E-state index in [0.717, 1.165) is 12.8 Å². The molecule has 1 fully saturated rings. The SMILES string of the molecule is CS(=O)(=O)CC(CN)C1CCCCC1. The van der Waals surface area contributed by atoms with Crippen LogP contribution >= 0.6 is 0 Å². The zero-order valence-electron chi connectivity index (χ0n) is 8.91. The normalized spacial score (nSPS) is 22.1. The van der Waals surface area contributed by atoms with Crippen LogP contribution in [-0.4, -0.2) is 27.0 Å². The fourth-order valence-electron chi connectivity index (χ4n) is 2.39. The molecular formula is C10H21NO2S. The average molecular weight is 219 g/mol. The molecule has 1 rings (SSSR count). The van der Waals surface area contributed by atoms with Gasteiger partial charge in [0, 0.05) is 6.26 Å². The summed E-state index contributed by atoms with van der Waals surface area (Å²) in [7, 11) is -2.86. The first-order valence-electron chi connectivity index (χ1n) is 5.40. The van der Waals surface area contributed by atoms with E-state index in [1.54, 1.807) is 0 Å². The highest BCUT2D eigenvalue weighted by molar-refractivity contribution is 7.90. The lowest BCUT2D eigenvalue weighted by molar-refractivity contribution is 0.270. The summed E-state index contributed by atoms with van der Waals surface area (Å²) in [5.74, 6) is 1.00. The van der Waals surface area contributed by atoms with E-state index in [1.807, 2.05) is 0 Å². The highest BCUT2D eigenvalue weighted by Gasteiger charge is 2.25. The first kappa shape index (κ1) is 12.0. The van der Waals surface area contributed by atoms with Gasteiger partial charge in [0.2, 0.25) is 0 Å². The van der Waals surface area contributed by atoms with Crippen LogP contribution in [0.1, 0.15) is 32.1 Å². The monoisotopic (exact) mass is 219 g/mol. The molecular weight excluding hydrogens is 198 g/mol. The highest BCUT2D eigenvalue weighted by Crippen LogP contribution is 2.30. The van der Waals surface area contributed by atoms with Crippen LogP contribution in [0.4, 0.5) is 0 Å². The summed E-state index contributed by atoms with van der Waals surface area (Å²) < 4.78 is 22.4. The summed E-state index contributed by atoms with van der Waals surface area (Å²) in [6, 6.07) is 0. The van der Waals surface area contributed by atoms with Crippen molar-refractivity contribution in [3.63, 3.8) is 0 Å². The molecule has 0 radical (unpaired) electrons. The van der Waals surface area contributed by atoms with E-state index in [0.29, 0.717) is 12.5 Å². The van der Waals surface area contributed by atoms with Gasteiger partial charge in [-0.3, -0.25) is 0 Å². The van der Waals surface area contributed by atoms with Crippen molar-refractivity contribution in [3.8, 4) is 0 Å². The maximum Gasteiger partial charge on any atom is 0.147 e. The van der Waals surface area contributed by atoms with Crippen molar-refractivity contribution >= 4 is 9.84 Å². The Morgan fingerprint density at radius 1 is 1.29 bits per heavy atom. The molecule has 0 aromatic rings. The molecule has 84 valence electrons. The Hall–Kier alpha value is -0.0900. The summed E-state index contributed by atoms with van der Waals surface area (Å²) in [6.45, 7) is 0.512. The number of hydrogen-bond acceptors (Lipinski definition) is 3. The second-order valence-electron chi connectivity index (χ2n) is 4.49. The second kappa shape index (κ2) is 5.12. The lowest BCUT2D eigenvalue weighted by Crippen LogP contribution is -2.31. The van der Waals surface area contributed by atoms with Gasteiger partial charge in [-0.1, -0.05) is 32.1 Å². The van der Waals surface area contributed by atoms with Crippen LogP contribution in [0.3, 0.4) is 0 Å². The molecule has 0 aromatic heterocycles. The second-order valence-corrected chi connectivity index (χ2v) is 6.67. The van der Waals surface area contributed by atoms with E-state index in [4.69, 9.17) is 5.73 Å². The van der Waals surface area contributed by atoms with E-state index >= 15 is 0 Å². The summed E-state index contributed by atoms with van der Waals surface area (Å²) >= 11 is 0. The molecule has 1 saturated carbocycles. The van der Waals surface area contributed by atoms with Crippen LogP contribution in [0.5, 0.6) is 0 Å². The van der Waals surface area contributed by atoms with Gasteiger partial charge in [0.1, 0.15) is 9.84 Å². The summed E-state index contributed by atoms with van der Waals surface area (Å²) in [5.41, 5.74) is 5.65. The van der Waals surface area contributed by atoms with Crippen LogP contribution in [0.25, 0.3) is 0 Å². The third-order valence-corrected chi connectivity index (χ3v) is 4.17. The zero-order chi connectivity index (χ0) is 10.6. The van der Waals surface area contributed by atoms with E-state index in [9.17, 15) is 8.42 Å². The first-order valence-corrected chi connectivity index (χ1v) is 7.47. The lowest BCUT2D eigenvalue weighted by Gasteiger charge is -2.28. The summed E-state index contributed by atoms with van der Waals surface area (Å²) in [5, 5.41) is 0. The van der Waals surface area contributed by atoms with E-state index in [-0.39, 0.29) is 11.7 Å². The minimum atomic E-state index is -2.86. The largest absolute Gasteiger partial charge is 0.330 e. The quantitative estimate of drug-likeness (QED) is 0.772. The molecule has 2 N–H and O–H groups in total. The van der Waals surface area contributed by atoms with Crippen LogP contribution in [0.15, 0.2) is 0 Å². The Morgan fingerprint density at radius 3 is 2.29 bits per heavy atom. The number of rotatable bonds is 4. The molecule has 1 atom stereocenters. The van der Waals surface area contributed by atoms with Gasteiger partial charge >= 0.3 is 0 Å². The van der Waals surface area contributed by atoms with Gasteiger partial charge in [-0.15, -0.1) is 0 Å². The minimum Gasteiger partial charge on any atom is -0.330 e. The lowest BCUT2D eigenvalue weighted by atomic mass is 9.81. The maximum absolute atomic E-state index is 11.2. The van der Waals surface area contributed by atoms with Crippen LogP contribution < -0.4 is 5.73 Å². The molecule has 1 aliphatic rings. The molecule has 1 aliphatic carbocycles. The van der Waals surface area contributed by atoms with E-state index in [2.05, 4.69) is 0 Å². The smallest absolute Gasteiger partial charge is 0.147 e. The third kappa shape index (κ3) is 3.96. The molecule has 0 bridgehead atoms. The van der Waals surface area contributed by atoms with Crippen LogP contribution in [0, 0.1) is 11.8 Å². The first-order chi connectivity index (χ1) is 6.53. The van der Waals surface area contributed by atoms with Gasteiger partial charge in [-0.05, 0) is 18.4 Å². The fourth-order valence-corrected chi connectivity index (χ4v) is 3.58. The Labute approximate surface area is 87.0 Å². The van der Waals surface area contributed by atoms with Gasteiger partial charge < -0.3 is 5.73 Å². The molecule has 0 aromatic carbocycles. The Bertz CT molecular complexity index is 255. The molecule has 0 heterocycles. The van der Waals surface area contributed by atoms with Crippen molar-refractivity contribution in [2.45, 2.75) is 32.1 Å². The molecule has 0 saturated heterocycles. The molecule has 0 spiro atoms. The Balaban J connectivity index is 2.52. The number of sulfone groups is 1. The maximum atomic E-state index is 11.2. The van der Waals surface area contributed by atoms with Crippen molar-refractivity contribution in [2.24, 2.45) is 17.6 Å². The van der Waals surface area contributed by atoms with Crippen molar-refractivity contribution in [3.05, 3.63) is 0 Å². The standard InChI is InChI=1S/C10H21NO2S/c1-14(12,13)8-10(7-11)9-5-3-2-4-6-9/h9-10H,2-8,11H2,1H3. The predicted octanol–water partition coefficient (Wildman–Crippen LogP) is 1.19. The molecule has 1 unspecified atom stereocenters. The molecule has 14 heavy (non-hydrogen) atoms. The average Bonchev–Trinajstić information content (AvgIpc) is 2.14. The van der Waals surface area contributed by atoms with Gasteiger partial charge in [0.15, 0.2) is 0 Å². The third-order valence-electron chi connectivity index (χ3n) is 3.14. The predicted molar refractivity (Wildman–Crippen MR) is 58.8 cm³/mol. The van der Waals surface area contributed by atoms with Gasteiger partial charge in [0.25, 0.3) is 0 Å². The van der Waals surface area contributed by atoms with E-state index in [1.165, 1.54) is 25.5 Å². The van der Waals surface area contributed by atoms with Crippen LogP contribution in [-0.2, 0) is 9.84 Å². The fraction of sp³-hybridized carbons (Fsp3) is 1.00. The van der Waals surface area contributed by atoms with Crippen molar-refractivity contribution in [1.29, 1.82) is 0 Å². The topological polar surface area (TPSA) is 60.2 Å². The van der Waals surface area contributed by atoms with Crippen molar-refractivity contribution in [2.75, 3.05) is 18.6 Å². The van der Waals surface area contributed by atoms with Crippen LogP contribution in [0.2, 0.25) is 0 Å². The van der Waals surface area contributed by atoms with Gasteiger partial charge in [-0.2, -0.15) is 0 Å². The molecule has 0 aliphatic heterocycles. The zero-order valence-corrected chi connectivity index (χ0v) is 9.72.